The molecule has 0 spiro atoms. The summed E-state index contributed by atoms with van der Waals surface area (Å²) in [7, 11) is 0. The third kappa shape index (κ3) is 6.08. The Morgan fingerprint density at radius 3 is 1.44 bits per heavy atom. The van der Waals surface area contributed by atoms with Crippen molar-refractivity contribution in [2.75, 3.05) is 4.90 Å². The zero-order valence-electron chi connectivity index (χ0n) is 34.5. The van der Waals surface area contributed by atoms with Gasteiger partial charge in [0.25, 0.3) is 0 Å². The number of benzene rings is 10. The summed E-state index contributed by atoms with van der Waals surface area (Å²) in [5.74, 6) is 0.363. The molecule has 1 aliphatic carbocycles. The van der Waals surface area contributed by atoms with Gasteiger partial charge < -0.3 is 4.90 Å². The van der Waals surface area contributed by atoms with E-state index in [0.29, 0.717) is 5.92 Å². The smallest absolute Gasteiger partial charge is 0.0714 e. The summed E-state index contributed by atoms with van der Waals surface area (Å²) in [4.78, 5) is 2.45. The van der Waals surface area contributed by atoms with Crippen LogP contribution in [-0.2, 0) is 5.41 Å². The van der Waals surface area contributed by atoms with E-state index in [0.717, 1.165) is 17.1 Å². The molecular formula is C60H45N. The van der Waals surface area contributed by atoms with E-state index in [9.17, 15) is 0 Å². The Morgan fingerprint density at radius 2 is 0.836 bits per heavy atom. The number of fused-ring (bicyclic) bond motifs is 5. The normalized spacial score (nSPS) is 12.7. The molecule has 290 valence electrons. The quantitative estimate of drug-likeness (QED) is 0.148. The zero-order valence-corrected chi connectivity index (χ0v) is 34.5. The molecule has 0 unspecified atom stereocenters. The van der Waals surface area contributed by atoms with Crippen LogP contribution in [0.2, 0.25) is 0 Å². The summed E-state index contributed by atoms with van der Waals surface area (Å²) >= 11 is 0. The Labute approximate surface area is 358 Å². The molecule has 10 aromatic rings. The van der Waals surface area contributed by atoms with E-state index in [1.54, 1.807) is 0 Å². The summed E-state index contributed by atoms with van der Waals surface area (Å²) in [5.41, 5.74) is 16.9. The maximum absolute atomic E-state index is 2.49. The minimum atomic E-state index is -0.517. The van der Waals surface area contributed by atoms with E-state index >= 15 is 0 Å². The average Bonchev–Trinajstić information content (AvgIpc) is 3.63. The van der Waals surface area contributed by atoms with Crippen molar-refractivity contribution in [1.82, 2.24) is 0 Å². The Balaban J connectivity index is 1.14. The van der Waals surface area contributed by atoms with Crippen LogP contribution in [0.4, 0.5) is 17.1 Å². The van der Waals surface area contributed by atoms with Crippen molar-refractivity contribution >= 4 is 38.6 Å². The van der Waals surface area contributed by atoms with Crippen LogP contribution in [0.25, 0.3) is 54.9 Å². The number of anilines is 3. The molecular weight excluding hydrogens is 735 g/mol. The van der Waals surface area contributed by atoms with Crippen LogP contribution in [0.5, 0.6) is 0 Å². The van der Waals surface area contributed by atoms with Crippen LogP contribution in [0.15, 0.2) is 231 Å². The van der Waals surface area contributed by atoms with E-state index < -0.39 is 5.41 Å². The van der Waals surface area contributed by atoms with E-state index in [4.69, 9.17) is 0 Å². The van der Waals surface area contributed by atoms with Crippen LogP contribution >= 0.6 is 0 Å². The van der Waals surface area contributed by atoms with Crippen LogP contribution < -0.4 is 4.90 Å². The third-order valence-electron chi connectivity index (χ3n) is 12.9. The molecule has 0 saturated carbocycles. The molecule has 0 saturated heterocycles. The molecule has 0 aliphatic heterocycles. The number of nitrogens with zero attached hydrogens (tertiary/aromatic N) is 1. The maximum atomic E-state index is 2.49. The fourth-order valence-corrected chi connectivity index (χ4v) is 10.1. The van der Waals surface area contributed by atoms with Crippen molar-refractivity contribution < 1.29 is 0 Å². The SMILES string of the molecule is CC(C)c1cccc2c1-c1ccc(N(c3ccc(-c4cc5ccccc5cc4-c4ccccc4)cc3)c3ccc4ccccc4c3)cc1C2(c1ccccc1)c1ccccc1. The second kappa shape index (κ2) is 15.0. The average molecular weight is 780 g/mol. The molecule has 0 radical (unpaired) electrons. The van der Waals surface area contributed by atoms with Gasteiger partial charge in [0, 0.05) is 17.1 Å². The highest BCUT2D eigenvalue weighted by Crippen LogP contribution is 2.59. The Kier molecular flexibility index (Phi) is 8.98. The fraction of sp³-hybridized carbons (Fsp3) is 0.0667. The highest BCUT2D eigenvalue weighted by molar-refractivity contribution is 5.98. The molecule has 0 N–H and O–H groups in total. The zero-order chi connectivity index (χ0) is 40.9. The minimum Gasteiger partial charge on any atom is -0.310 e. The van der Waals surface area contributed by atoms with Crippen molar-refractivity contribution in [2.24, 2.45) is 0 Å². The molecule has 10 aromatic carbocycles. The van der Waals surface area contributed by atoms with Crippen LogP contribution in [0.3, 0.4) is 0 Å². The predicted molar refractivity (Wildman–Crippen MR) is 258 cm³/mol. The van der Waals surface area contributed by atoms with Gasteiger partial charge in [-0.3, -0.25) is 0 Å². The van der Waals surface area contributed by atoms with Gasteiger partial charge in [0.05, 0.1) is 5.41 Å². The molecule has 0 atom stereocenters. The lowest BCUT2D eigenvalue weighted by Gasteiger charge is -2.35. The molecule has 1 heteroatoms. The minimum absolute atomic E-state index is 0.363. The van der Waals surface area contributed by atoms with Gasteiger partial charge in [0.15, 0.2) is 0 Å². The summed E-state index contributed by atoms with van der Waals surface area (Å²) in [6.45, 7) is 4.64. The lowest BCUT2D eigenvalue weighted by atomic mass is 9.67. The van der Waals surface area contributed by atoms with Crippen LogP contribution in [0.1, 0.15) is 47.6 Å². The van der Waals surface area contributed by atoms with Crippen molar-refractivity contribution in [3.63, 3.8) is 0 Å². The lowest BCUT2D eigenvalue weighted by Crippen LogP contribution is -2.28. The second-order valence-corrected chi connectivity index (χ2v) is 16.7. The fourth-order valence-electron chi connectivity index (χ4n) is 10.1. The molecule has 11 rings (SSSR count). The maximum Gasteiger partial charge on any atom is 0.0714 e. The Bertz CT molecular complexity index is 3160. The molecule has 0 amide bonds. The lowest BCUT2D eigenvalue weighted by molar-refractivity contribution is 0.765. The summed E-state index contributed by atoms with van der Waals surface area (Å²) in [6.07, 6.45) is 0. The highest BCUT2D eigenvalue weighted by atomic mass is 15.1. The van der Waals surface area contributed by atoms with E-state index in [2.05, 4.69) is 249 Å². The largest absolute Gasteiger partial charge is 0.310 e. The summed E-state index contributed by atoms with van der Waals surface area (Å²) in [6, 6.07) is 85.3. The molecule has 0 heterocycles. The standard InChI is InChI=1S/C60H45N/c1-41(2)53-27-16-28-57-59(53)54-36-35-52(40-58(54)60(57,48-23-8-4-9-24-48)49-25-10-5-11-26-49)61(51-34-29-42-17-12-13-20-45(42)37-51)50-32-30-44(31-33-50)56-39-47-22-15-14-21-46(47)38-55(56)43-18-6-3-7-19-43/h3-41H,1-2H3. The van der Waals surface area contributed by atoms with Gasteiger partial charge in [-0.1, -0.05) is 196 Å². The highest BCUT2D eigenvalue weighted by Gasteiger charge is 2.47. The summed E-state index contributed by atoms with van der Waals surface area (Å²) < 4.78 is 0. The first-order valence-electron chi connectivity index (χ1n) is 21.4. The van der Waals surface area contributed by atoms with Gasteiger partial charge in [-0.25, -0.2) is 0 Å². The van der Waals surface area contributed by atoms with E-state index in [1.165, 1.54) is 82.7 Å². The van der Waals surface area contributed by atoms with Crippen LogP contribution in [0, 0.1) is 0 Å². The van der Waals surface area contributed by atoms with E-state index in [-0.39, 0.29) is 0 Å². The number of hydrogen-bond donors (Lipinski definition) is 0. The van der Waals surface area contributed by atoms with Gasteiger partial charge in [0.1, 0.15) is 0 Å². The van der Waals surface area contributed by atoms with E-state index in [1.807, 2.05) is 0 Å². The Hall–Kier alpha value is -7.48. The van der Waals surface area contributed by atoms with Crippen molar-refractivity contribution in [3.05, 3.63) is 258 Å². The molecule has 0 fully saturated rings. The molecule has 0 aromatic heterocycles. The molecule has 1 aliphatic rings. The van der Waals surface area contributed by atoms with Crippen molar-refractivity contribution in [3.8, 4) is 33.4 Å². The van der Waals surface area contributed by atoms with Gasteiger partial charge in [-0.15, -0.1) is 0 Å². The van der Waals surface area contributed by atoms with Crippen molar-refractivity contribution in [2.45, 2.75) is 25.2 Å². The first-order chi connectivity index (χ1) is 30.1. The van der Waals surface area contributed by atoms with Crippen molar-refractivity contribution in [1.29, 1.82) is 0 Å². The topological polar surface area (TPSA) is 3.24 Å². The monoisotopic (exact) mass is 779 g/mol. The van der Waals surface area contributed by atoms with Crippen LogP contribution in [-0.4, -0.2) is 0 Å². The van der Waals surface area contributed by atoms with Gasteiger partial charge >= 0.3 is 0 Å². The first-order valence-corrected chi connectivity index (χ1v) is 21.4. The molecule has 61 heavy (non-hydrogen) atoms. The van der Waals surface area contributed by atoms with Gasteiger partial charge in [-0.05, 0) is 137 Å². The predicted octanol–water partition coefficient (Wildman–Crippen LogP) is 16.3. The second-order valence-electron chi connectivity index (χ2n) is 16.7. The van der Waals surface area contributed by atoms with Gasteiger partial charge in [0.2, 0.25) is 0 Å². The summed E-state index contributed by atoms with van der Waals surface area (Å²) in [5, 5.41) is 4.91. The Morgan fingerprint density at radius 1 is 0.344 bits per heavy atom. The first kappa shape index (κ1) is 36.6. The molecule has 0 bridgehead atoms. The molecule has 1 nitrogen and oxygen atoms in total. The number of hydrogen-bond acceptors (Lipinski definition) is 1. The third-order valence-corrected chi connectivity index (χ3v) is 12.9. The number of rotatable bonds is 8. The van der Waals surface area contributed by atoms with Gasteiger partial charge in [-0.2, -0.15) is 0 Å².